The van der Waals surface area contributed by atoms with Gasteiger partial charge in [0.15, 0.2) is 0 Å². The van der Waals surface area contributed by atoms with Gasteiger partial charge in [0.25, 0.3) is 0 Å². The zero-order valence-corrected chi connectivity index (χ0v) is 15.4. The predicted molar refractivity (Wildman–Crippen MR) is 106 cm³/mol. The van der Waals surface area contributed by atoms with Crippen LogP contribution in [0.4, 0.5) is 0 Å². The second kappa shape index (κ2) is 9.54. The summed E-state index contributed by atoms with van der Waals surface area (Å²) in [5.74, 6) is 1.51. The van der Waals surface area contributed by atoms with Crippen LogP contribution in [0.25, 0.3) is 0 Å². The van der Waals surface area contributed by atoms with Gasteiger partial charge in [0.2, 0.25) is 0 Å². The van der Waals surface area contributed by atoms with Crippen LogP contribution in [0.5, 0.6) is 11.5 Å². The molecule has 6 nitrogen and oxygen atoms in total. The van der Waals surface area contributed by atoms with Crippen LogP contribution in [0.15, 0.2) is 72.9 Å². The normalized spacial score (nSPS) is 10.9. The van der Waals surface area contributed by atoms with Crippen LogP contribution >= 0.6 is 11.6 Å². The van der Waals surface area contributed by atoms with Gasteiger partial charge in [-0.3, -0.25) is 0 Å². The number of nitrogens with zero attached hydrogens (tertiary/aromatic N) is 4. The molecule has 0 saturated carbocycles. The molecular weight excluding hydrogens is 364 g/mol. The van der Waals surface area contributed by atoms with Crippen molar-refractivity contribution in [2.75, 3.05) is 13.2 Å². The number of allylic oxidation sites excluding steroid dienone is 1. The van der Waals surface area contributed by atoms with Crippen molar-refractivity contribution in [2.24, 2.45) is 5.10 Å². The molecule has 0 amide bonds. The summed E-state index contributed by atoms with van der Waals surface area (Å²) < 4.78 is 13.2. The summed E-state index contributed by atoms with van der Waals surface area (Å²) >= 11 is 6.08. The molecule has 2 aromatic carbocycles. The lowest BCUT2D eigenvalue weighted by Gasteiger charge is -2.12. The first-order valence-corrected chi connectivity index (χ1v) is 8.77. The van der Waals surface area contributed by atoms with Crippen molar-refractivity contribution in [1.29, 1.82) is 0 Å². The molecule has 0 aliphatic heterocycles. The van der Waals surface area contributed by atoms with E-state index in [2.05, 4.69) is 21.9 Å². The van der Waals surface area contributed by atoms with E-state index >= 15 is 0 Å². The average Bonchev–Trinajstić information content (AvgIpc) is 3.20. The van der Waals surface area contributed by atoms with Crippen molar-refractivity contribution in [2.45, 2.75) is 6.42 Å². The van der Waals surface area contributed by atoms with Crippen LogP contribution < -0.4 is 9.47 Å². The second-order valence-corrected chi connectivity index (χ2v) is 6.00. The minimum atomic E-state index is 0.386. The minimum Gasteiger partial charge on any atom is -0.490 e. The van der Waals surface area contributed by atoms with Crippen LogP contribution in [0.1, 0.15) is 11.1 Å². The van der Waals surface area contributed by atoms with Gasteiger partial charge < -0.3 is 9.47 Å². The molecule has 0 aliphatic rings. The summed E-state index contributed by atoms with van der Waals surface area (Å²) in [7, 11) is 0. The van der Waals surface area contributed by atoms with Crippen molar-refractivity contribution >= 4 is 17.8 Å². The summed E-state index contributed by atoms with van der Waals surface area (Å²) in [6.07, 6.45) is 7.25. The van der Waals surface area contributed by atoms with E-state index in [0.717, 1.165) is 23.3 Å². The summed E-state index contributed by atoms with van der Waals surface area (Å²) in [5, 5.41) is 12.2. The Morgan fingerprint density at radius 3 is 2.56 bits per heavy atom. The van der Waals surface area contributed by atoms with E-state index in [0.29, 0.717) is 24.0 Å². The Hall–Kier alpha value is -3.12. The van der Waals surface area contributed by atoms with E-state index in [9.17, 15) is 0 Å². The van der Waals surface area contributed by atoms with Gasteiger partial charge in [0, 0.05) is 10.6 Å². The Morgan fingerprint density at radius 2 is 1.78 bits per heavy atom. The van der Waals surface area contributed by atoms with Crippen LogP contribution in [-0.2, 0) is 6.42 Å². The number of halogens is 1. The highest BCUT2D eigenvalue weighted by atomic mass is 35.5. The molecule has 138 valence electrons. The van der Waals surface area contributed by atoms with Crippen LogP contribution in [0.2, 0.25) is 5.02 Å². The van der Waals surface area contributed by atoms with Crippen molar-refractivity contribution < 1.29 is 9.47 Å². The third-order valence-electron chi connectivity index (χ3n) is 3.64. The molecule has 27 heavy (non-hydrogen) atoms. The molecule has 3 aromatic rings. The summed E-state index contributed by atoms with van der Waals surface area (Å²) in [6.45, 7) is 4.57. The molecule has 0 aliphatic carbocycles. The highest BCUT2D eigenvalue weighted by Gasteiger charge is 2.05. The first-order chi connectivity index (χ1) is 13.3. The number of para-hydroxylation sites is 1. The molecule has 0 bridgehead atoms. The zero-order chi connectivity index (χ0) is 18.9. The molecule has 3 rings (SSSR count). The number of aromatic nitrogens is 3. The lowest BCUT2D eigenvalue weighted by atomic mass is 10.1. The summed E-state index contributed by atoms with van der Waals surface area (Å²) in [4.78, 5) is 0. The molecule has 1 aromatic heterocycles. The fraction of sp³-hybridized carbons (Fsp3) is 0.150. The molecule has 7 heteroatoms. The van der Waals surface area contributed by atoms with Crippen molar-refractivity contribution in [3.8, 4) is 11.5 Å². The van der Waals surface area contributed by atoms with Crippen LogP contribution in [0, 0.1) is 0 Å². The largest absolute Gasteiger partial charge is 0.490 e. The smallest absolute Gasteiger partial charge is 0.141 e. The predicted octanol–water partition coefficient (Wildman–Crippen LogP) is 4.00. The third-order valence-corrected chi connectivity index (χ3v) is 3.88. The molecule has 0 atom stereocenters. The average molecular weight is 383 g/mol. The first-order valence-electron chi connectivity index (χ1n) is 8.39. The van der Waals surface area contributed by atoms with Gasteiger partial charge in [-0.25, -0.2) is 4.68 Å². The molecule has 0 spiro atoms. The van der Waals surface area contributed by atoms with E-state index in [4.69, 9.17) is 21.1 Å². The number of hydrogen-bond acceptors (Lipinski definition) is 5. The van der Waals surface area contributed by atoms with Crippen molar-refractivity contribution in [1.82, 2.24) is 14.9 Å². The van der Waals surface area contributed by atoms with E-state index in [1.165, 1.54) is 17.3 Å². The standard InChI is InChI=1S/C20H19ClN4O2/c1-2-5-16-6-3-4-7-19(16)26-10-11-27-20-9-8-18(21)12-17(20)13-24-25-14-22-23-15-25/h2-4,6-9,12-15H,1,5,10-11H2/b24-13+. The van der Waals surface area contributed by atoms with Gasteiger partial charge in [-0.1, -0.05) is 35.9 Å². The maximum atomic E-state index is 6.08. The molecule has 0 fully saturated rings. The quantitative estimate of drug-likeness (QED) is 0.319. The van der Waals surface area contributed by atoms with Gasteiger partial charge in [0.05, 0.1) is 6.21 Å². The van der Waals surface area contributed by atoms with E-state index in [1.54, 1.807) is 18.3 Å². The van der Waals surface area contributed by atoms with Gasteiger partial charge in [-0.2, -0.15) is 5.10 Å². The minimum absolute atomic E-state index is 0.386. The second-order valence-electron chi connectivity index (χ2n) is 5.57. The molecule has 0 radical (unpaired) electrons. The zero-order valence-electron chi connectivity index (χ0n) is 14.7. The Labute approximate surface area is 162 Å². The van der Waals surface area contributed by atoms with Gasteiger partial charge in [-0.15, -0.1) is 16.8 Å². The fourth-order valence-corrected chi connectivity index (χ4v) is 2.59. The highest BCUT2D eigenvalue weighted by molar-refractivity contribution is 6.30. The van der Waals surface area contributed by atoms with Crippen molar-refractivity contribution in [3.63, 3.8) is 0 Å². The SMILES string of the molecule is C=CCc1ccccc1OCCOc1ccc(Cl)cc1/C=N/n1cnnc1. The van der Waals surface area contributed by atoms with Crippen LogP contribution in [0.3, 0.4) is 0 Å². The number of rotatable bonds is 9. The number of ether oxygens (including phenoxy) is 2. The van der Waals surface area contributed by atoms with Gasteiger partial charge in [0.1, 0.15) is 37.4 Å². The Balaban J connectivity index is 1.60. The molecule has 0 unspecified atom stereocenters. The first kappa shape index (κ1) is 18.7. The monoisotopic (exact) mass is 382 g/mol. The van der Waals surface area contributed by atoms with Gasteiger partial charge >= 0.3 is 0 Å². The third kappa shape index (κ3) is 5.43. The summed E-state index contributed by atoms with van der Waals surface area (Å²) in [5.41, 5.74) is 1.85. The van der Waals surface area contributed by atoms with Crippen molar-refractivity contribution in [3.05, 3.63) is 83.9 Å². The number of hydrogen-bond donors (Lipinski definition) is 0. The molecule has 0 N–H and O–H groups in total. The van der Waals surface area contributed by atoms with E-state index < -0.39 is 0 Å². The summed E-state index contributed by atoms with van der Waals surface area (Å²) in [6, 6.07) is 13.3. The topological polar surface area (TPSA) is 61.5 Å². The number of benzene rings is 2. The maximum absolute atomic E-state index is 6.08. The lowest BCUT2D eigenvalue weighted by molar-refractivity contribution is 0.216. The Kier molecular flexibility index (Phi) is 6.60. The van der Waals surface area contributed by atoms with Crippen LogP contribution in [-0.4, -0.2) is 34.3 Å². The Bertz CT molecular complexity index is 910. The molecule has 0 saturated heterocycles. The molecule has 1 heterocycles. The molecular formula is C20H19ClN4O2. The van der Waals surface area contributed by atoms with E-state index in [-0.39, 0.29) is 0 Å². The lowest BCUT2D eigenvalue weighted by Crippen LogP contribution is -2.11. The highest BCUT2D eigenvalue weighted by Crippen LogP contribution is 2.22. The van der Waals surface area contributed by atoms with E-state index in [1.807, 2.05) is 36.4 Å². The fourth-order valence-electron chi connectivity index (χ4n) is 2.41. The maximum Gasteiger partial charge on any atom is 0.141 e. The Morgan fingerprint density at radius 1 is 1.04 bits per heavy atom. The van der Waals surface area contributed by atoms with Gasteiger partial charge in [-0.05, 0) is 36.2 Å².